The number of nitrogens with zero attached hydrogens (tertiary/aromatic N) is 3. The molecule has 0 saturated heterocycles. The Morgan fingerprint density at radius 2 is 1.00 bits per heavy atom. The molecule has 1 spiro atoms. The average molecular weight is 830 g/mol. The Hall–Kier alpha value is -8.67. The van der Waals surface area contributed by atoms with Crippen LogP contribution in [-0.4, -0.2) is 15.0 Å². The molecule has 1 aliphatic heterocycles. The Labute approximate surface area is 373 Å². The summed E-state index contributed by atoms with van der Waals surface area (Å²) in [6.45, 7) is 0. The number of rotatable bonds is 4. The van der Waals surface area contributed by atoms with Crippen LogP contribution >= 0.6 is 0 Å². The molecule has 65 heavy (non-hydrogen) atoms. The molecule has 9 aromatic carbocycles. The Kier molecular flexibility index (Phi) is 7.54. The molecule has 0 saturated carbocycles. The quantitative estimate of drug-likeness (QED) is 0.165. The van der Waals surface area contributed by atoms with E-state index in [4.69, 9.17) is 24.1 Å². The lowest BCUT2D eigenvalue weighted by Gasteiger charge is -2.39. The van der Waals surface area contributed by atoms with Crippen molar-refractivity contribution >= 4 is 43.6 Å². The van der Waals surface area contributed by atoms with Crippen molar-refractivity contribution < 1.29 is 9.15 Å². The van der Waals surface area contributed by atoms with Crippen LogP contribution in [0.4, 0.5) is 0 Å². The summed E-state index contributed by atoms with van der Waals surface area (Å²) in [4.78, 5) is 16.1. The second-order valence-electron chi connectivity index (χ2n) is 17.0. The molecule has 0 atom stereocenters. The molecular weight excluding hydrogens is 795 g/mol. The fourth-order valence-electron chi connectivity index (χ4n) is 10.8. The van der Waals surface area contributed by atoms with Gasteiger partial charge in [0.15, 0.2) is 5.82 Å². The van der Waals surface area contributed by atoms with E-state index >= 15 is 0 Å². The van der Waals surface area contributed by atoms with Gasteiger partial charge in [-0.15, -0.1) is 0 Å². The van der Waals surface area contributed by atoms with Gasteiger partial charge in [-0.2, -0.15) is 0 Å². The molecule has 5 nitrogen and oxygen atoms in total. The molecule has 0 amide bonds. The first kappa shape index (κ1) is 35.9. The molecule has 3 aromatic heterocycles. The lowest BCUT2D eigenvalue weighted by atomic mass is 9.66. The maximum Gasteiger partial charge on any atom is 0.160 e. The Bertz CT molecular complexity index is 3890. The summed E-state index contributed by atoms with van der Waals surface area (Å²) in [6, 6.07) is 74.7. The zero-order chi connectivity index (χ0) is 42.6. The summed E-state index contributed by atoms with van der Waals surface area (Å²) in [5.74, 6) is 2.39. The highest BCUT2D eigenvalue weighted by atomic mass is 16.5. The van der Waals surface area contributed by atoms with Crippen molar-refractivity contribution in [2.45, 2.75) is 5.41 Å². The molecule has 12 aromatic rings. The van der Waals surface area contributed by atoms with Gasteiger partial charge in [-0.05, 0) is 82.2 Å². The van der Waals surface area contributed by atoms with Crippen LogP contribution in [0.15, 0.2) is 217 Å². The minimum atomic E-state index is -0.615. The van der Waals surface area contributed by atoms with Gasteiger partial charge in [-0.1, -0.05) is 158 Å². The van der Waals surface area contributed by atoms with Crippen LogP contribution in [0.5, 0.6) is 11.5 Å². The van der Waals surface area contributed by atoms with Gasteiger partial charge >= 0.3 is 0 Å². The van der Waals surface area contributed by atoms with E-state index < -0.39 is 5.41 Å². The van der Waals surface area contributed by atoms with Crippen LogP contribution in [0, 0.1) is 0 Å². The molecule has 0 bridgehead atoms. The topological polar surface area (TPSA) is 61.0 Å². The molecule has 0 radical (unpaired) electrons. The number of pyridine rings is 1. The standard InChI is InChI=1S/C60H35N3O2/c1-3-16-36(17-4-1)58-45-33-43-39-20-7-9-23-46(39)60(47-24-10-13-27-54(47)65-55-28-14-11-25-48(55)60)49(43)34-42(45)44-32-38(30-31-50(44)61-58)51-35-52(63-59(62-51)37-18-5-2-6-19-37)40-22-15-29-56-57(40)41-21-8-12-26-53(41)64-56/h1-35H. The van der Waals surface area contributed by atoms with Crippen molar-refractivity contribution in [2.24, 2.45) is 0 Å². The van der Waals surface area contributed by atoms with Crippen LogP contribution < -0.4 is 4.74 Å². The van der Waals surface area contributed by atoms with Crippen LogP contribution in [0.25, 0.3) is 99.9 Å². The van der Waals surface area contributed by atoms with Gasteiger partial charge in [0, 0.05) is 54.9 Å². The first-order valence-electron chi connectivity index (χ1n) is 22.0. The minimum Gasteiger partial charge on any atom is -0.457 e. The van der Waals surface area contributed by atoms with Crippen molar-refractivity contribution in [3.05, 3.63) is 235 Å². The Balaban J connectivity index is 1.06. The van der Waals surface area contributed by atoms with E-state index in [1.54, 1.807) is 0 Å². The minimum absolute atomic E-state index is 0.615. The molecule has 14 rings (SSSR count). The third-order valence-corrected chi connectivity index (χ3v) is 13.5. The second-order valence-corrected chi connectivity index (χ2v) is 17.0. The Morgan fingerprint density at radius 3 is 1.80 bits per heavy atom. The second kappa shape index (κ2) is 13.7. The van der Waals surface area contributed by atoms with Crippen molar-refractivity contribution in [1.29, 1.82) is 0 Å². The number of hydrogen-bond acceptors (Lipinski definition) is 5. The summed E-state index contributed by atoms with van der Waals surface area (Å²) in [5, 5.41) is 5.35. The van der Waals surface area contributed by atoms with Gasteiger partial charge in [-0.25, -0.2) is 15.0 Å². The van der Waals surface area contributed by atoms with Gasteiger partial charge in [0.25, 0.3) is 0 Å². The third kappa shape index (κ3) is 5.18. The van der Waals surface area contributed by atoms with Crippen LogP contribution in [0.2, 0.25) is 0 Å². The Morgan fingerprint density at radius 1 is 0.354 bits per heavy atom. The van der Waals surface area contributed by atoms with Gasteiger partial charge in [0.05, 0.1) is 28.0 Å². The highest BCUT2D eigenvalue weighted by Gasteiger charge is 2.51. The van der Waals surface area contributed by atoms with Crippen LogP contribution in [0.1, 0.15) is 22.3 Å². The molecule has 0 N–H and O–H groups in total. The first-order valence-corrected chi connectivity index (χ1v) is 22.0. The number of aromatic nitrogens is 3. The third-order valence-electron chi connectivity index (χ3n) is 13.5. The van der Waals surface area contributed by atoms with Crippen molar-refractivity contribution in [3.8, 4) is 67.8 Å². The molecule has 0 fully saturated rings. The van der Waals surface area contributed by atoms with Gasteiger partial charge in [-0.3, -0.25) is 0 Å². The van der Waals surface area contributed by atoms with Crippen molar-refractivity contribution in [2.75, 3.05) is 0 Å². The summed E-state index contributed by atoms with van der Waals surface area (Å²) < 4.78 is 13.0. The number of ether oxygens (including phenoxy) is 1. The van der Waals surface area contributed by atoms with E-state index in [0.29, 0.717) is 5.82 Å². The molecule has 4 heterocycles. The number of furan rings is 1. The molecule has 0 unspecified atom stereocenters. The maximum atomic E-state index is 6.69. The number of para-hydroxylation sites is 3. The molecular formula is C60H35N3O2. The average Bonchev–Trinajstić information content (AvgIpc) is 3.89. The zero-order valence-electron chi connectivity index (χ0n) is 34.9. The zero-order valence-corrected chi connectivity index (χ0v) is 34.9. The monoisotopic (exact) mass is 829 g/mol. The fraction of sp³-hybridized carbons (Fsp3) is 0.0167. The van der Waals surface area contributed by atoms with E-state index in [-0.39, 0.29) is 0 Å². The molecule has 302 valence electrons. The SMILES string of the molecule is c1ccc(-c2nc(-c3ccc4nc(-c5ccccc5)c5cc6c(cc5c4c3)C3(c4ccccc4Oc4ccccc43)c3ccccc3-6)cc(-c3cccc4oc5ccccc5c34)n2)cc1. The molecule has 2 aliphatic rings. The summed E-state index contributed by atoms with van der Waals surface area (Å²) in [6.07, 6.45) is 0. The van der Waals surface area contributed by atoms with Gasteiger partial charge in [0.2, 0.25) is 0 Å². The normalized spacial score (nSPS) is 13.2. The van der Waals surface area contributed by atoms with E-state index in [1.807, 2.05) is 42.5 Å². The molecule has 5 heteroatoms. The lowest BCUT2D eigenvalue weighted by Crippen LogP contribution is -2.32. The fourth-order valence-corrected chi connectivity index (χ4v) is 10.8. The van der Waals surface area contributed by atoms with Gasteiger partial charge < -0.3 is 9.15 Å². The highest BCUT2D eigenvalue weighted by Crippen LogP contribution is 2.63. The predicted molar refractivity (Wildman–Crippen MR) is 261 cm³/mol. The summed E-state index contributed by atoms with van der Waals surface area (Å²) >= 11 is 0. The molecule has 1 aliphatic carbocycles. The van der Waals surface area contributed by atoms with E-state index in [9.17, 15) is 0 Å². The number of fused-ring (bicyclic) bond motifs is 15. The van der Waals surface area contributed by atoms with E-state index in [2.05, 4.69) is 170 Å². The summed E-state index contributed by atoms with van der Waals surface area (Å²) in [7, 11) is 0. The maximum absolute atomic E-state index is 6.69. The summed E-state index contributed by atoms with van der Waals surface area (Å²) in [5.41, 5.74) is 15.7. The first-order chi connectivity index (χ1) is 32.2. The smallest absolute Gasteiger partial charge is 0.160 e. The number of hydrogen-bond donors (Lipinski definition) is 0. The van der Waals surface area contributed by atoms with Crippen molar-refractivity contribution in [3.63, 3.8) is 0 Å². The predicted octanol–water partition coefficient (Wildman–Crippen LogP) is 15.2. The van der Waals surface area contributed by atoms with Crippen molar-refractivity contribution in [1.82, 2.24) is 15.0 Å². The van der Waals surface area contributed by atoms with Crippen LogP contribution in [-0.2, 0) is 5.41 Å². The largest absolute Gasteiger partial charge is 0.457 e. The lowest BCUT2D eigenvalue weighted by molar-refractivity contribution is 0.436. The number of benzene rings is 9. The van der Waals surface area contributed by atoms with E-state index in [0.717, 1.165) is 106 Å². The van der Waals surface area contributed by atoms with E-state index in [1.165, 1.54) is 22.3 Å². The van der Waals surface area contributed by atoms with Gasteiger partial charge in [0.1, 0.15) is 22.7 Å². The highest BCUT2D eigenvalue weighted by molar-refractivity contribution is 6.15. The van der Waals surface area contributed by atoms with Crippen LogP contribution in [0.3, 0.4) is 0 Å².